The largest absolute Gasteiger partial charge is 0.340 e. The SMILES string of the molecule is CC.CCC.Cc1ccc(Cc2cn(Cc3nc4ccc(Cl)cc4[nH]3)c(C)n2)c(Cl)c1. The zero-order valence-corrected chi connectivity index (χ0v) is 20.8. The van der Waals surface area contributed by atoms with Gasteiger partial charge in [0.1, 0.15) is 11.6 Å². The number of imidazole rings is 2. The molecule has 0 fully saturated rings. The molecule has 0 unspecified atom stereocenters. The van der Waals surface area contributed by atoms with Crippen LogP contribution in [0.5, 0.6) is 0 Å². The molecule has 0 saturated carbocycles. The quantitative estimate of drug-likeness (QED) is 0.339. The van der Waals surface area contributed by atoms with Gasteiger partial charge in [-0.1, -0.05) is 69.5 Å². The zero-order valence-electron chi connectivity index (χ0n) is 19.3. The van der Waals surface area contributed by atoms with Crippen LogP contribution in [0.2, 0.25) is 10.0 Å². The Balaban J connectivity index is 0.000000630. The predicted molar refractivity (Wildman–Crippen MR) is 133 cm³/mol. The Morgan fingerprint density at radius 3 is 2.35 bits per heavy atom. The summed E-state index contributed by atoms with van der Waals surface area (Å²) in [6.07, 6.45) is 4.02. The number of rotatable bonds is 4. The van der Waals surface area contributed by atoms with Gasteiger partial charge in [-0.15, -0.1) is 0 Å². The Labute approximate surface area is 195 Å². The minimum absolute atomic E-state index is 0.632. The number of aromatic amines is 1. The first-order valence-corrected chi connectivity index (χ1v) is 11.6. The highest BCUT2D eigenvalue weighted by Crippen LogP contribution is 2.21. The van der Waals surface area contributed by atoms with Crippen molar-refractivity contribution < 1.29 is 0 Å². The first-order chi connectivity index (χ1) is 14.9. The number of H-pyrrole nitrogens is 1. The molecule has 4 nitrogen and oxygen atoms in total. The van der Waals surface area contributed by atoms with Crippen LogP contribution in [0.3, 0.4) is 0 Å². The van der Waals surface area contributed by atoms with E-state index in [4.69, 9.17) is 23.2 Å². The van der Waals surface area contributed by atoms with Gasteiger partial charge in [-0.2, -0.15) is 0 Å². The standard InChI is InChI=1S/C20H18Cl2N4.C3H8.C2H6/c1-12-3-4-14(17(22)7-12)8-16-10-26(13(2)23-16)11-20-24-18-6-5-15(21)9-19(18)25-20;1-3-2;1-2/h3-7,9-10H,8,11H2,1-2H3,(H,24,25);3H2,1-2H3;1-2H3. The van der Waals surface area contributed by atoms with Crippen molar-refractivity contribution >= 4 is 34.2 Å². The van der Waals surface area contributed by atoms with Gasteiger partial charge in [0.15, 0.2) is 0 Å². The molecule has 166 valence electrons. The molecular weight excluding hydrogens is 427 g/mol. The second-order valence-corrected chi connectivity index (χ2v) is 8.07. The second-order valence-electron chi connectivity index (χ2n) is 7.23. The number of aryl methyl sites for hydroxylation is 2. The summed E-state index contributed by atoms with van der Waals surface area (Å²) in [7, 11) is 0. The smallest absolute Gasteiger partial charge is 0.127 e. The minimum Gasteiger partial charge on any atom is -0.340 e. The van der Waals surface area contributed by atoms with Crippen LogP contribution in [0.4, 0.5) is 0 Å². The highest BCUT2D eigenvalue weighted by atomic mass is 35.5. The van der Waals surface area contributed by atoms with Crippen molar-refractivity contribution in [3.05, 3.63) is 81.1 Å². The number of nitrogens with one attached hydrogen (secondary N) is 1. The number of hydrogen-bond acceptors (Lipinski definition) is 2. The fraction of sp³-hybridized carbons (Fsp3) is 0.360. The second kappa shape index (κ2) is 11.9. The van der Waals surface area contributed by atoms with Gasteiger partial charge in [0, 0.05) is 22.7 Å². The van der Waals surface area contributed by atoms with Crippen LogP contribution in [-0.4, -0.2) is 19.5 Å². The van der Waals surface area contributed by atoms with Gasteiger partial charge in [-0.3, -0.25) is 0 Å². The van der Waals surface area contributed by atoms with Crippen molar-refractivity contribution in [3.8, 4) is 0 Å². The monoisotopic (exact) mass is 458 g/mol. The first-order valence-electron chi connectivity index (χ1n) is 10.8. The summed E-state index contributed by atoms with van der Waals surface area (Å²) in [5.41, 5.74) is 5.09. The van der Waals surface area contributed by atoms with E-state index >= 15 is 0 Å². The molecule has 1 N–H and O–H groups in total. The molecule has 2 aromatic heterocycles. The lowest BCUT2D eigenvalue weighted by molar-refractivity contribution is 0.729. The van der Waals surface area contributed by atoms with E-state index in [1.807, 2.05) is 52.0 Å². The number of nitrogens with zero attached hydrogens (tertiary/aromatic N) is 3. The molecule has 0 aliphatic carbocycles. The topological polar surface area (TPSA) is 46.5 Å². The van der Waals surface area contributed by atoms with E-state index < -0.39 is 0 Å². The van der Waals surface area contributed by atoms with Crippen LogP contribution in [0.25, 0.3) is 11.0 Å². The Morgan fingerprint density at radius 2 is 1.68 bits per heavy atom. The lowest BCUT2D eigenvalue weighted by Gasteiger charge is -2.03. The van der Waals surface area contributed by atoms with Crippen LogP contribution in [0, 0.1) is 13.8 Å². The Bertz CT molecular complexity index is 1110. The number of benzene rings is 2. The van der Waals surface area contributed by atoms with Crippen molar-refractivity contribution in [3.63, 3.8) is 0 Å². The molecule has 0 saturated heterocycles. The molecule has 0 radical (unpaired) electrons. The van der Waals surface area contributed by atoms with E-state index in [1.165, 1.54) is 6.42 Å². The zero-order chi connectivity index (χ0) is 23.0. The van der Waals surface area contributed by atoms with E-state index in [-0.39, 0.29) is 0 Å². The molecule has 0 atom stereocenters. The van der Waals surface area contributed by atoms with Crippen LogP contribution in [-0.2, 0) is 13.0 Å². The fourth-order valence-electron chi connectivity index (χ4n) is 3.08. The van der Waals surface area contributed by atoms with Crippen molar-refractivity contribution in [2.45, 2.75) is 60.9 Å². The van der Waals surface area contributed by atoms with E-state index in [0.717, 1.165) is 44.5 Å². The summed E-state index contributed by atoms with van der Waals surface area (Å²) in [4.78, 5) is 12.6. The van der Waals surface area contributed by atoms with Gasteiger partial charge in [-0.25, -0.2) is 9.97 Å². The molecule has 0 aliphatic rings. The summed E-state index contributed by atoms with van der Waals surface area (Å²) >= 11 is 12.4. The normalized spacial score (nSPS) is 10.3. The molecule has 0 bridgehead atoms. The van der Waals surface area contributed by atoms with E-state index in [0.29, 0.717) is 18.0 Å². The van der Waals surface area contributed by atoms with Gasteiger partial charge in [0.2, 0.25) is 0 Å². The van der Waals surface area contributed by atoms with Crippen LogP contribution < -0.4 is 0 Å². The maximum Gasteiger partial charge on any atom is 0.127 e. The number of aromatic nitrogens is 4. The van der Waals surface area contributed by atoms with Gasteiger partial charge >= 0.3 is 0 Å². The maximum atomic E-state index is 6.35. The number of fused-ring (bicyclic) bond motifs is 1. The molecule has 2 aromatic carbocycles. The average molecular weight is 459 g/mol. The Morgan fingerprint density at radius 1 is 0.968 bits per heavy atom. The molecule has 6 heteroatoms. The van der Waals surface area contributed by atoms with Crippen LogP contribution in [0.15, 0.2) is 42.6 Å². The number of hydrogen-bond donors (Lipinski definition) is 1. The van der Waals surface area contributed by atoms with Crippen molar-refractivity contribution in [1.82, 2.24) is 19.5 Å². The Kier molecular flexibility index (Phi) is 9.60. The third kappa shape index (κ3) is 6.84. The molecule has 4 aromatic rings. The molecule has 31 heavy (non-hydrogen) atoms. The summed E-state index contributed by atoms with van der Waals surface area (Å²) in [5.74, 6) is 1.82. The van der Waals surface area contributed by atoms with Gasteiger partial charge in [0.05, 0.1) is 23.3 Å². The molecule has 0 amide bonds. The first kappa shape index (κ1) is 25.0. The predicted octanol–water partition coefficient (Wildman–Crippen LogP) is 7.76. The van der Waals surface area contributed by atoms with Crippen molar-refractivity contribution in [1.29, 1.82) is 0 Å². The van der Waals surface area contributed by atoms with Crippen molar-refractivity contribution in [2.75, 3.05) is 0 Å². The van der Waals surface area contributed by atoms with Crippen LogP contribution in [0.1, 0.15) is 62.6 Å². The van der Waals surface area contributed by atoms with Crippen molar-refractivity contribution in [2.24, 2.45) is 0 Å². The van der Waals surface area contributed by atoms with Gasteiger partial charge < -0.3 is 9.55 Å². The maximum absolute atomic E-state index is 6.35. The fourth-order valence-corrected chi connectivity index (χ4v) is 3.56. The third-order valence-electron chi connectivity index (χ3n) is 4.42. The Hall–Kier alpha value is -2.30. The minimum atomic E-state index is 0.632. The summed E-state index contributed by atoms with van der Waals surface area (Å²) in [5, 5.41) is 1.48. The molecule has 0 spiro atoms. The van der Waals surface area contributed by atoms with Gasteiger partial charge in [-0.05, 0) is 49.2 Å². The average Bonchev–Trinajstić information content (AvgIpc) is 3.28. The van der Waals surface area contributed by atoms with Crippen LogP contribution >= 0.6 is 23.2 Å². The molecule has 2 heterocycles. The lowest BCUT2D eigenvalue weighted by atomic mass is 10.1. The highest BCUT2D eigenvalue weighted by Gasteiger charge is 2.10. The van der Waals surface area contributed by atoms with Gasteiger partial charge in [0.25, 0.3) is 0 Å². The summed E-state index contributed by atoms with van der Waals surface area (Å²) < 4.78 is 2.09. The molecule has 4 rings (SSSR count). The van der Waals surface area contributed by atoms with E-state index in [1.54, 1.807) is 0 Å². The number of halogens is 2. The van der Waals surface area contributed by atoms with E-state index in [9.17, 15) is 0 Å². The molecular formula is C25H32Cl2N4. The van der Waals surface area contributed by atoms with E-state index in [2.05, 4.69) is 51.7 Å². The third-order valence-corrected chi connectivity index (χ3v) is 5.01. The highest BCUT2D eigenvalue weighted by molar-refractivity contribution is 6.31. The lowest BCUT2D eigenvalue weighted by Crippen LogP contribution is -2.02. The summed E-state index contributed by atoms with van der Waals surface area (Å²) in [6.45, 7) is 12.9. The molecule has 0 aliphatic heterocycles. The summed E-state index contributed by atoms with van der Waals surface area (Å²) in [6, 6.07) is 11.8.